The zero-order valence-corrected chi connectivity index (χ0v) is 15.5. The number of anilines is 1. The largest absolute Gasteiger partial charge is 0.459 e. The first kappa shape index (κ1) is 19.6. The molecule has 1 aliphatic rings. The fraction of sp³-hybridized carbons (Fsp3) is 0.235. The highest BCUT2D eigenvalue weighted by Gasteiger charge is 2.29. The van der Waals surface area contributed by atoms with E-state index in [-0.39, 0.29) is 48.4 Å². The molecule has 1 fully saturated rings. The molecule has 1 aromatic carbocycles. The van der Waals surface area contributed by atoms with Gasteiger partial charge >= 0.3 is 11.8 Å². The van der Waals surface area contributed by atoms with Crippen molar-refractivity contribution in [1.29, 1.82) is 0 Å². The van der Waals surface area contributed by atoms with Crippen LogP contribution in [0.15, 0.2) is 52.0 Å². The summed E-state index contributed by atoms with van der Waals surface area (Å²) in [7, 11) is -3.84. The zero-order valence-electron chi connectivity index (χ0n) is 14.7. The van der Waals surface area contributed by atoms with E-state index in [4.69, 9.17) is 9.56 Å². The maximum absolute atomic E-state index is 12.3. The second kappa shape index (κ2) is 7.82. The Kier molecular flexibility index (Phi) is 5.47. The third kappa shape index (κ3) is 4.38. The van der Waals surface area contributed by atoms with E-state index in [1.165, 1.54) is 35.4 Å². The lowest BCUT2D eigenvalue weighted by Gasteiger charge is -2.33. The summed E-state index contributed by atoms with van der Waals surface area (Å²) >= 11 is 0. The summed E-state index contributed by atoms with van der Waals surface area (Å²) in [6, 6.07) is 8.32. The number of piperazine rings is 1. The maximum Gasteiger partial charge on any atom is 0.313 e. The van der Waals surface area contributed by atoms with Crippen LogP contribution in [0.4, 0.5) is 5.69 Å². The minimum atomic E-state index is -3.84. The zero-order chi connectivity index (χ0) is 20.3. The van der Waals surface area contributed by atoms with Crippen molar-refractivity contribution in [2.45, 2.75) is 4.90 Å². The van der Waals surface area contributed by atoms with E-state index in [1.807, 2.05) is 0 Å². The highest BCUT2D eigenvalue weighted by Crippen LogP contribution is 2.14. The van der Waals surface area contributed by atoms with Gasteiger partial charge in [0.25, 0.3) is 5.91 Å². The summed E-state index contributed by atoms with van der Waals surface area (Å²) in [6.45, 7) is 0.981. The number of nitrogens with one attached hydrogen (secondary N) is 1. The molecule has 148 valence electrons. The predicted molar refractivity (Wildman–Crippen MR) is 97.6 cm³/mol. The van der Waals surface area contributed by atoms with Crippen molar-refractivity contribution in [3.05, 3.63) is 48.4 Å². The molecule has 3 rings (SSSR count). The number of nitrogens with two attached hydrogens (primary N) is 1. The molecule has 0 aliphatic carbocycles. The van der Waals surface area contributed by atoms with Gasteiger partial charge in [-0.2, -0.15) is 0 Å². The Bertz CT molecular complexity index is 977. The molecule has 3 N–H and O–H groups in total. The number of sulfonamides is 1. The van der Waals surface area contributed by atoms with Crippen LogP contribution < -0.4 is 10.5 Å². The number of hydrogen-bond acceptors (Lipinski definition) is 6. The number of carbonyl (C=O) groups excluding carboxylic acids is 3. The molecule has 0 unspecified atom stereocenters. The van der Waals surface area contributed by atoms with Gasteiger partial charge in [-0.25, -0.2) is 13.6 Å². The Morgan fingerprint density at radius 1 is 0.964 bits per heavy atom. The van der Waals surface area contributed by atoms with Crippen molar-refractivity contribution in [1.82, 2.24) is 9.80 Å². The molecule has 0 atom stereocenters. The highest BCUT2D eigenvalue weighted by atomic mass is 32.2. The first-order chi connectivity index (χ1) is 13.3. The molecule has 1 saturated heterocycles. The molecule has 10 nitrogen and oxygen atoms in total. The molecule has 1 aliphatic heterocycles. The van der Waals surface area contributed by atoms with E-state index >= 15 is 0 Å². The van der Waals surface area contributed by atoms with Crippen LogP contribution in [0.5, 0.6) is 0 Å². The minimum Gasteiger partial charge on any atom is -0.459 e. The van der Waals surface area contributed by atoms with Crippen molar-refractivity contribution in [3.8, 4) is 0 Å². The Hall–Kier alpha value is -3.18. The van der Waals surface area contributed by atoms with Gasteiger partial charge < -0.3 is 19.5 Å². The SMILES string of the molecule is NS(=O)(=O)c1ccc(NC(=O)C(=O)N2CCN(C(=O)c3ccco3)CC2)cc1. The summed E-state index contributed by atoms with van der Waals surface area (Å²) in [5, 5.41) is 7.42. The Morgan fingerprint density at radius 2 is 1.57 bits per heavy atom. The van der Waals surface area contributed by atoms with Crippen LogP contribution in [-0.4, -0.2) is 62.1 Å². The second-order valence-electron chi connectivity index (χ2n) is 6.09. The van der Waals surface area contributed by atoms with Gasteiger partial charge in [-0.15, -0.1) is 0 Å². The van der Waals surface area contributed by atoms with Crippen molar-refractivity contribution < 1.29 is 27.2 Å². The average molecular weight is 406 g/mol. The fourth-order valence-electron chi connectivity index (χ4n) is 2.72. The van der Waals surface area contributed by atoms with E-state index in [1.54, 1.807) is 17.0 Å². The Labute approximate surface area is 160 Å². The number of hydrogen-bond donors (Lipinski definition) is 2. The van der Waals surface area contributed by atoms with E-state index in [0.717, 1.165) is 0 Å². The number of amides is 3. The van der Waals surface area contributed by atoms with E-state index < -0.39 is 21.8 Å². The van der Waals surface area contributed by atoms with Crippen molar-refractivity contribution in [2.24, 2.45) is 5.14 Å². The van der Waals surface area contributed by atoms with Crippen LogP contribution in [-0.2, 0) is 19.6 Å². The molecule has 3 amide bonds. The topological polar surface area (TPSA) is 143 Å². The first-order valence-electron chi connectivity index (χ1n) is 8.31. The van der Waals surface area contributed by atoms with Gasteiger partial charge in [0.1, 0.15) is 0 Å². The fourth-order valence-corrected chi connectivity index (χ4v) is 3.24. The van der Waals surface area contributed by atoms with E-state index in [9.17, 15) is 22.8 Å². The molecule has 1 aromatic heterocycles. The summed E-state index contributed by atoms with van der Waals surface area (Å²) in [6.07, 6.45) is 1.41. The van der Waals surface area contributed by atoms with Gasteiger partial charge in [-0.05, 0) is 36.4 Å². The highest BCUT2D eigenvalue weighted by molar-refractivity contribution is 7.89. The summed E-state index contributed by atoms with van der Waals surface area (Å²) in [4.78, 5) is 39.5. The standard InChI is InChI=1S/C17H18N4O6S/c18-28(25,26)13-5-3-12(4-6-13)19-15(22)17(24)21-9-7-20(8-10-21)16(23)14-2-1-11-27-14/h1-6,11H,7-10H2,(H,19,22)(H2,18,25,26). The maximum atomic E-state index is 12.3. The smallest absolute Gasteiger partial charge is 0.313 e. The molecule has 0 bridgehead atoms. The van der Waals surface area contributed by atoms with Gasteiger partial charge in [0.15, 0.2) is 5.76 Å². The molecule has 0 radical (unpaired) electrons. The predicted octanol–water partition coefficient (Wildman–Crippen LogP) is -0.150. The third-order valence-corrected chi connectivity index (χ3v) is 5.15. The minimum absolute atomic E-state index is 0.103. The number of rotatable bonds is 3. The second-order valence-corrected chi connectivity index (χ2v) is 7.65. The molecule has 2 heterocycles. The van der Waals surface area contributed by atoms with Crippen LogP contribution in [0.2, 0.25) is 0 Å². The van der Waals surface area contributed by atoms with Crippen LogP contribution >= 0.6 is 0 Å². The van der Waals surface area contributed by atoms with Gasteiger partial charge in [-0.1, -0.05) is 0 Å². The lowest BCUT2D eigenvalue weighted by atomic mass is 10.2. The van der Waals surface area contributed by atoms with Crippen LogP contribution in [0.25, 0.3) is 0 Å². The number of primary sulfonamides is 1. The molecular weight excluding hydrogens is 388 g/mol. The summed E-state index contributed by atoms with van der Waals surface area (Å²) < 4.78 is 27.5. The molecule has 0 saturated carbocycles. The average Bonchev–Trinajstić information content (AvgIpc) is 3.21. The number of furan rings is 1. The third-order valence-electron chi connectivity index (χ3n) is 4.22. The van der Waals surface area contributed by atoms with Gasteiger partial charge in [-0.3, -0.25) is 14.4 Å². The van der Waals surface area contributed by atoms with Gasteiger partial charge in [0.05, 0.1) is 11.2 Å². The normalized spacial score (nSPS) is 14.6. The number of carbonyl (C=O) groups is 3. The van der Waals surface area contributed by atoms with Gasteiger partial charge in [0.2, 0.25) is 10.0 Å². The van der Waals surface area contributed by atoms with E-state index in [2.05, 4.69) is 5.32 Å². The van der Waals surface area contributed by atoms with Crippen LogP contribution in [0, 0.1) is 0 Å². The van der Waals surface area contributed by atoms with Crippen molar-refractivity contribution in [2.75, 3.05) is 31.5 Å². The van der Waals surface area contributed by atoms with Crippen LogP contribution in [0.3, 0.4) is 0 Å². The van der Waals surface area contributed by atoms with E-state index in [0.29, 0.717) is 0 Å². The molecule has 0 spiro atoms. The molecule has 11 heteroatoms. The lowest BCUT2D eigenvalue weighted by Crippen LogP contribution is -2.52. The molecule has 28 heavy (non-hydrogen) atoms. The number of benzene rings is 1. The van der Waals surface area contributed by atoms with Crippen LogP contribution in [0.1, 0.15) is 10.6 Å². The monoisotopic (exact) mass is 406 g/mol. The summed E-state index contributed by atoms with van der Waals surface area (Å²) in [5.41, 5.74) is 0.261. The molecule has 2 aromatic rings. The van der Waals surface area contributed by atoms with Crippen molar-refractivity contribution >= 4 is 33.4 Å². The summed E-state index contributed by atoms with van der Waals surface area (Å²) in [5.74, 6) is -1.63. The lowest BCUT2D eigenvalue weighted by molar-refractivity contribution is -0.144. The number of nitrogens with zero attached hydrogens (tertiary/aromatic N) is 2. The Morgan fingerprint density at radius 3 is 2.11 bits per heavy atom. The Balaban J connectivity index is 1.54. The molecular formula is C17H18N4O6S. The quantitative estimate of drug-likeness (QED) is 0.679. The first-order valence-corrected chi connectivity index (χ1v) is 9.86. The van der Waals surface area contributed by atoms with Crippen molar-refractivity contribution in [3.63, 3.8) is 0 Å². The van der Waals surface area contributed by atoms with Gasteiger partial charge in [0, 0.05) is 31.9 Å².